The Bertz CT molecular complexity index is 1120. The van der Waals surface area contributed by atoms with Gasteiger partial charge in [-0.25, -0.2) is 4.98 Å². The fourth-order valence-electron chi connectivity index (χ4n) is 3.42. The van der Waals surface area contributed by atoms with Crippen molar-refractivity contribution in [3.05, 3.63) is 60.8 Å². The minimum atomic E-state index is -0.244. The van der Waals surface area contributed by atoms with Crippen LogP contribution in [-0.4, -0.2) is 49.8 Å². The van der Waals surface area contributed by atoms with E-state index in [0.29, 0.717) is 18.0 Å². The first-order valence-electron chi connectivity index (χ1n) is 9.00. The van der Waals surface area contributed by atoms with E-state index in [1.807, 2.05) is 40.9 Å². The first-order valence-corrected chi connectivity index (χ1v) is 9.00. The van der Waals surface area contributed by atoms with Gasteiger partial charge < -0.3 is 14.7 Å². The van der Waals surface area contributed by atoms with Gasteiger partial charge in [-0.15, -0.1) is 10.2 Å². The second-order valence-electron chi connectivity index (χ2n) is 6.66. The molecule has 1 amide bonds. The monoisotopic (exact) mass is 375 g/mol. The number of fused-ring (bicyclic) bond motifs is 1. The molecule has 0 saturated carbocycles. The van der Waals surface area contributed by atoms with Crippen LogP contribution in [0.15, 0.2) is 59.6 Å². The lowest BCUT2D eigenvalue weighted by atomic mass is 10.1. The summed E-state index contributed by atoms with van der Waals surface area (Å²) in [4.78, 5) is 19.1. The third kappa shape index (κ3) is 2.96. The largest absolute Gasteiger partial charge is 0.355 e. The number of amides is 1. The van der Waals surface area contributed by atoms with Crippen molar-refractivity contribution in [2.24, 2.45) is 0 Å². The maximum absolute atomic E-state index is 12.6. The fourth-order valence-corrected chi connectivity index (χ4v) is 3.42. The first-order chi connectivity index (χ1) is 13.8. The summed E-state index contributed by atoms with van der Waals surface area (Å²) in [7, 11) is 0. The average molecular weight is 375 g/mol. The molecule has 1 fully saturated rings. The van der Waals surface area contributed by atoms with E-state index in [9.17, 15) is 4.79 Å². The third-order valence-electron chi connectivity index (χ3n) is 4.82. The molecule has 0 radical (unpaired) electrons. The minimum Gasteiger partial charge on any atom is -0.355 e. The molecule has 0 aliphatic carbocycles. The van der Waals surface area contributed by atoms with Crippen LogP contribution in [0, 0.1) is 0 Å². The first kappa shape index (κ1) is 16.4. The lowest BCUT2D eigenvalue weighted by Crippen LogP contribution is -2.37. The molecule has 9 heteroatoms. The van der Waals surface area contributed by atoms with Crippen molar-refractivity contribution in [3.8, 4) is 11.3 Å². The van der Waals surface area contributed by atoms with Crippen LogP contribution >= 0.6 is 0 Å². The van der Waals surface area contributed by atoms with E-state index in [2.05, 4.69) is 30.6 Å². The van der Waals surface area contributed by atoms with Crippen LogP contribution in [0.4, 0.5) is 5.82 Å². The van der Waals surface area contributed by atoms with Crippen LogP contribution < -0.4 is 10.2 Å². The van der Waals surface area contributed by atoms with Gasteiger partial charge in [-0.1, -0.05) is 35.5 Å². The Labute approximate surface area is 160 Å². The van der Waals surface area contributed by atoms with E-state index in [4.69, 9.17) is 4.52 Å². The number of anilines is 1. The maximum Gasteiger partial charge on any atom is 0.273 e. The molecule has 5 rings (SSSR count). The molecule has 9 nitrogen and oxygen atoms in total. The fraction of sp³-hybridized carbons (Fsp3) is 0.211. The highest BCUT2D eigenvalue weighted by Crippen LogP contribution is 2.22. The second kappa shape index (κ2) is 6.76. The maximum atomic E-state index is 12.6. The summed E-state index contributed by atoms with van der Waals surface area (Å²) in [6.07, 6.45) is 5.98. The minimum absolute atomic E-state index is 0.00523. The Morgan fingerprint density at radius 1 is 1.25 bits per heavy atom. The van der Waals surface area contributed by atoms with Crippen LogP contribution in [0.25, 0.3) is 17.0 Å². The van der Waals surface area contributed by atoms with E-state index in [-0.39, 0.29) is 17.6 Å². The smallest absolute Gasteiger partial charge is 0.273 e. The molecule has 4 aromatic rings. The number of carbonyl (C=O) groups excluding carboxylic acids is 1. The molecule has 0 bridgehead atoms. The number of hydrogen-bond acceptors (Lipinski definition) is 7. The highest BCUT2D eigenvalue weighted by atomic mass is 16.5. The highest BCUT2D eigenvalue weighted by Gasteiger charge is 2.27. The summed E-state index contributed by atoms with van der Waals surface area (Å²) < 4.78 is 7.14. The van der Waals surface area contributed by atoms with E-state index >= 15 is 0 Å². The summed E-state index contributed by atoms with van der Waals surface area (Å²) in [5, 5.41) is 15.0. The molecule has 1 aliphatic heterocycles. The zero-order valence-corrected chi connectivity index (χ0v) is 14.9. The quantitative estimate of drug-likeness (QED) is 0.580. The normalized spacial score (nSPS) is 16.6. The number of hydrogen-bond donors (Lipinski definition) is 1. The summed E-state index contributed by atoms with van der Waals surface area (Å²) in [6, 6.07) is 11.2. The molecule has 3 aromatic heterocycles. The molecule has 1 aromatic carbocycles. The Hall–Kier alpha value is -3.75. The van der Waals surface area contributed by atoms with Crippen LogP contribution in [-0.2, 0) is 0 Å². The van der Waals surface area contributed by atoms with Crippen molar-refractivity contribution >= 4 is 17.4 Å². The molecular formula is C19H17N7O2. The van der Waals surface area contributed by atoms with Gasteiger partial charge in [-0.05, 0) is 6.42 Å². The molecule has 0 spiro atoms. The van der Waals surface area contributed by atoms with Gasteiger partial charge in [-0.2, -0.15) is 0 Å². The van der Waals surface area contributed by atoms with Crippen molar-refractivity contribution in [2.45, 2.75) is 12.5 Å². The molecule has 1 atom stereocenters. The van der Waals surface area contributed by atoms with Crippen LogP contribution in [0.3, 0.4) is 0 Å². The Balaban J connectivity index is 1.27. The van der Waals surface area contributed by atoms with Crippen molar-refractivity contribution < 1.29 is 9.32 Å². The van der Waals surface area contributed by atoms with E-state index < -0.39 is 0 Å². The highest BCUT2D eigenvalue weighted by molar-refractivity contribution is 5.93. The molecule has 4 heterocycles. The molecule has 140 valence electrons. The van der Waals surface area contributed by atoms with Crippen LogP contribution in [0.1, 0.15) is 16.9 Å². The molecule has 1 N–H and O–H groups in total. The average Bonchev–Trinajstić information content (AvgIpc) is 3.48. The van der Waals surface area contributed by atoms with Gasteiger partial charge in [0.1, 0.15) is 6.33 Å². The lowest BCUT2D eigenvalue weighted by Gasteiger charge is -2.17. The number of carbonyl (C=O) groups is 1. The summed E-state index contributed by atoms with van der Waals surface area (Å²) in [5.41, 5.74) is 1.86. The van der Waals surface area contributed by atoms with E-state index in [1.54, 1.807) is 18.6 Å². The van der Waals surface area contributed by atoms with Crippen molar-refractivity contribution in [3.63, 3.8) is 0 Å². The Morgan fingerprint density at radius 2 is 2.14 bits per heavy atom. The molecule has 0 unspecified atom stereocenters. The lowest BCUT2D eigenvalue weighted by molar-refractivity contribution is 0.0931. The summed E-state index contributed by atoms with van der Waals surface area (Å²) in [6.45, 7) is 1.42. The van der Waals surface area contributed by atoms with E-state index in [0.717, 1.165) is 24.3 Å². The number of rotatable bonds is 4. The number of aromatic nitrogens is 5. The Morgan fingerprint density at radius 3 is 3.04 bits per heavy atom. The summed E-state index contributed by atoms with van der Waals surface area (Å²) >= 11 is 0. The second-order valence-corrected chi connectivity index (χ2v) is 6.66. The van der Waals surface area contributed by atoms with Crippen molar-refractivity contribution in [1.82, 2.24) is 30.1 Å². The number of nitrogens with one attached hydrogen (secondary N) is 1. The summed E-state index contributed by atoms with van der Waals surface area (Å²) in [5.74, 6) is 1.09. The van der Waals surface area contributed by atoms with Gasteiger partial charge in [0, 0.05) is 43.2 Å². The van der Waals surface area contributed by atoms with Crippen LogP contribution in [0.2, 0.25) is 0 Å². The number of nitrogens with zero attached hydrogens (tertiary/aromatic N) is 6. The van der Waals surface area contributed by atoms with Gasteiger partial charge in [0.05, 0.1) is 0 Å². The third-order valence-corrected chi connectivity index (χ3v) is 4.82. The Kier molecular flexibility index (Phi) is 3.97. The van der Waals surface area contributed by atoms with Crippen molar-refractivity contribution in [2.75, 3.05) is 18.0 Å². The molecule has 28 heavy (non-hydrogen) atoms. The molecular weight excluding hydrogens is 358 g/mol. The zero-order valence-electron chi connectivity index (χ0n) is 14.9. The van der Waals surface area contributed by atoms with E-state index in [1.165, 1.54) is 0 Å². The topological polar surface area (TPSA) is 101 Å². The molecule has 1 aliphatic rings. The molecule has 1 saturated heterocycles. The van der Waals surface area contributed by atoms with Gasteiger partial charge in [0.2, 0.25) is 5.65 Å². The van der Waals surface area contributed by atoms with Crippen molar-refractivity contribution in [1.29, 1.82) is 0 Å². The van der Waals surface area contributed by atoms with Gasteiger partial charge in [0.15, 0.2) is 17.3 Å². The standard InChI is InChI=1S/C19H17N7O2/c27-19(15-10-16(28-24-15)13-4-2-1-3-5-13)22-14-6-8-25(11-14)17-18-23-21-12-26(18)9-7-20-17/h1-5,7,9-10,12,14H,6,8,11H2,(H,22,27)/t14-/m1/s1. The number of benzene rings is 1. The van der Waals surface area contributed by atoms with Gasteiger partial charge in [0.25, 0.3) is 5.91 Å². The van der Waals surface area contributed by atoms with Gasteiger partial charge in [-0.3, -0.25) is 9.20 Å². The SMILES string of the molecule is O=C(N[C@@H]1CCN(c2nccn3cnnc23)C1)c1cc(-c2ccccc2)on1. The van der Waals surface area contributed by atoms with Gasteiger partial charge >= 0.3 is 0 Å². The van der Waals surface area contributed by atoms with Crippen LogP contribution in [0.5, 0.6) is 0 Å². The predicted molar refractivity (Wildman–Crippen MR) is 101 cm³/mol. The zero-order chi connectivity index (χ0) is 18.9. The predicted octanol–water partition coefficient (Wildman–Crippen LogP) is 1.79.